The van der Waals surface area contributed by atoms with Crippen LogP contribution in [0.2, 0.25) is 0 Å². The summed E-state index contributed by atoms with van der Waals surface area (Å²) in [5, 5.41) is 15.5. The van der Waals surface area contributed by atoms with Gasteiger partial charge in [0.1, 0.15) is 11.5 Å². The van der Waals surface area contributed by atoms with Gasteiger partial charge in [-0.1, -0.05) is 30.3 Å². The summed E-state index contributed by atoms with van der Waals surface area (Å²) < 4.78 is 11.5. The van der Waals surface area contributed by atoms with E-state index in [9.17, 15) is 14.9 Å². The molecule has 0 heterocycles. The third-order valence-corrected chi connectivity index (χ3v) is 4.67. The van der Waals surface area contributed by atoms with Crippen molar-refractivity contribution < 1.29 is 19.2 Å². The molecule has 0 spiro atoms. The van der Waals surface area contributed by atoms with Crippen molar-refractivity contribution in [1.82, 2.24) is 0 Å². The lowest BCUT2D eigenvalue weighted by atomic mass is 10.1. The number of halogens is 1. The summed E-state index contributed by atoms with van der Waals surface area (Å²) >= 11 is 3.50. The number of nitro benzene ring substituents is 1. The Morgan fingerprint density at radius 1 is 1.15 bits per heavy atom. The van der Waals surface area contributed by atoms with Crippen LogP contribution in [0.25, 0.3) is 10.8 Å². The number of non-ortho nitro benzene ring substituents is 1. The van der Waals surface area contributed by atoms with Gasteiger partial charge in [0.05, 0.1) is 22.2 Å². The zero-order valence-corrected chi connectivity index (χ0v) is 15.9. The largest absolute Gasteiger partial charge is 0.495 e. The first-order valence-electron chi connectivity index (χ1n) is 7.92. The molecule has 0 aliphatic heterocycles. The highest BCUT2D eigenvalue weighted by Crippen LogP contribution is 2.33. The fourth-order valence-electron chi connectivity index (χ4n) is 2.56. The molecular formula is C19H15BrN2O5. The highest BCUT2D eigenvalue weighted by Gasteiger charge is 2.15. The smallest absolute Gasteiger partial charge is 0.271 e. The molecule has 0 aliphatic carbocycles. The molecule has 8 heteroatoms. The fourth-order valence-corrected chi connectivity index (χ4v) is 3.17. The Balaban J connectivity index is 1.73. The lowest BCUT2D eigenvalue weighted by Gasteiger charge is -2.12. The van der Waals surface area contributed by atoms with Crippen molar-refractivity contribution in [3.8, 4) is 11.5 Å². The van der Waals surface area contributed by atoms with Gasteiger partial charge in [-0.15, -0.1) is 0 Å². The maximum Gasteiger partial charge on any atom is 0.271 e. The SMILES string of the molecule is COc1ccc([N+](=O)[O-])cc1NC(=O)COc1ccc2ccccc2c1Br. The number of fused-ring (bicyclic) bond motifs is 1. The van der Waals surface area contributed by atoms with Gasteiger partial charge >= 0.3 is 0 Å². The molecule has 3 aromatic rings. The van der Waals surface area contributed by atoms with Gasteiger partial charge in [-0.25, -0.2) is 0 Å². The lowest BCUT2D eigenvalue weighted by Crippen LogP contribution is -2.20. The maximum atomic E-state index is 12.2. The molecule has 0 saturated carbocycles. The van der Waals surface area contributed by atoms with Gasteiger partial charge in [-0.05, 0) is 38.8 Å². The molecule has 0 saturated heterocycles. The topological polar surface area (TPSA) is 90.7 Å². The number of carbonyl (C=O) groups is 1. The van der Waals surface area contributed by atoms with E-state index in [1.54, 1.807) is 6.07 Å². The standard InChI is InChI=1S/C19H15BrN2O5/c1-26-16-9-7-13(22(24)25)10-15(16)21-18(23)11-27-17-8-6-12-4-2-3-5-14(12)19(17)20/h2-10H,11H2,1H3,(H,21,23). The van der Waals surface area contributed by atoms with Gasteiger partial charge in [0, 0.05) is 12.1 Å². The van der Waals surface area contributed by atoms with Crippen LogP contribution in [-0.4, -0.2) is 24.5 Å². The first kappa shape index (κ1) is 18.7. The van der Waals surface area contributed by atoms with Crippen molar-refractivity contribution in [3.05, 3.63) is 69.2 Å². The number of nitrogens with one attached hydrogen (secondary N) is 1. The Hall–Kier alpha value is -3.13. The van der Waals surface area contributed by atoms with E-state index in [-0.39, 0.29) is 18.0 Å². The molecule has 0 bridgehead atoms. The van der Waals surface area contributed by atoms with Gasteiger partial charge in [0.2, 0.25) is 0 Å². The highest BCUT2D eigenvalue weighted by molar-refractivity contribution is 9.10. The molecule has 0 aromatic heterocycles. The molecule has 0 radical (unpaired) electrons. The van der Waals surface area contributed by atoms with E-state index in [1.807, 2.05) is 30.3 Å². The summed E-state index contributed by atoms with van der Waals surface area (Å²) in [6, 6.07) is 15.4. The van der Waals surface area contributed by atoms with E-state index < -0.39 is 10.8 Å². The summed E-state index contributed by atoms with van der Waals surface area (Å²) in [6.07, 6.45) is 0. The highest BCUT2D eigenvalue weighted by atomic mass is 79.9. The van der Waals surface area contributed by atoms with Gasteiger partial charge in [-0.3, -0.25) is 14.9 Å². The number of anilines is 1. The maximum absolute atomic E-state index is 12.2. The Labute approximate surface area is 163 Å². The van der Waals surface area contributed by atoms with E-state index in [1.165, 1.54) is 25.3 Å². The van der Waals surface area contributed by atoms with Crippen LogP contribution in [0.4, 0.5) is 11.4 Å². The van der Waals surface area contributed by atoms with Gasteiger partial charge < -0.3 is 14.8 Å². The molecule has 138 valence electrons. The third-order valence-electron chi connectivity index (χ3n) is 3.85. The summed E-state index contributed by atoms with van der Waals surface area (Å²) in [4.78, 5) is 22.6. The first-order chi connectivity index (χ1) is 13.0. The monoisotopic (exact) mass is 430 g/mol. The minimum atomic E-state index is -0.544. The number of rotatable bonds is 6. The normalized spacial score (nSPS) is 10.4. The van der Waals surface area contributed by atoms with E-state index in [0.29, 0.717) is 11.5 Å². The van der Waals surface area contributed by atoms with E-state index in [2.05, 4.69) is 21.2 Å². The summed E-state index contributed by atoms with van der Waals surface area (Å²) in [6.45, 7) is -0.261. The molecule has 0 fully saturated rings. The van der Waals surface area contributed by atoms with Crippen molar-refractivity contribution in [3.63, 3.8) is 0 Å². The average molecular weight is 431 g/mol. The van der Waals surface area contributed by atoms with Crippen molar-refractivity contribution in [2.45, 2.75) is 0 Å². The third kappa shape index (κ3) is 4.17. The van der Waals surface area contributed by atoms with Gasteiger partial charge in [0.15, 0.2) is 6.61 Å². The quantitative estimate of drug-likeness (QED) is 0.457. The van der Waals surface area contributed by atoms with Crippen molar-refractivity contribution in [2.24, 2.45) is 0 Å². The number of hydrogen-bond acceptors (Lipinski definition) is 5. The Kier molecular flexibility index (Phi) is 5.56. The van der Waals surface area contributed by atoms with Crippen LogP contribution in [0, 0.1) is 10.1 Å². The zero-order valence-electron chi connectivity index (χ0n) is 14.3. The summed E-state index contributed by atoms with van der Waals surface area (Å²) in [5.74, 6) is 0.379. The van der Waals surface area contributed by atoms with Crippen LogP contribution in [-0.2, 0) is 4.79 Å². The van der Waals surface area contributed by atoms with E-state index in [4.69, 9.17) is 9.47 Å². The zero-order chi connectivity index (χ0) is 19.4. The Morgan fingerprint density at radius 2 is 1.89 bits per heavy atom. The van der Waals surface area contributed by atoms with Crippen LogP contribution in [0.15, 0.2) is 59.1 Å². The summed E-state index contributed by atoms with van der Waals surface area (Å²) in [5.41, 5.74) is 0.0576. The van der Waals surface area contributed by atoms with E-state index >= 15 is 0 Å². The first-order valence-corrected chi connectivity index (χ1v) is 8.71. The molecular weight excluding hydrogens is 416 g/mol. The number of carbonyl (C=O) groups excluding carboxylic acids is 1. The summed E-state index contributed by atoms with van der Waals surface area (Å²) in [7, 11) is 1.42. The number of ether oxygens (including phenoxy) is 2. The number of amides is 1. The molecule has 1 amide bonds. The van der Waals surface area contributed by atoms with Crippen molar-refractivity contribution in [2.75, 3.05) is 19.0 Å². The van der Waals surface area contributed by atoms with E-state index in [0.717, 1.165) is 15.2 Å². The number of benzene rings is 3. The minimum absolute atomic E-state index is 0.149. The predicted octanol–water partition coefficient (Wildman–Crippen LogP) is 4.54. The van der Waals surface area contributed by atoms with Crippen molar-refractivity contribution >= 4 is 44.0 Å². The molecule has 3 rings (SSSR count). The number of nitro groups is 1. The van der Waals surface area contributed by atoms with Gasteiger partial charge in [0.25, 0.3) is 11.6 Å². The lowest BCUT2D eigenvalue weighted by molar-refractivity contribution is -0.384. The molecule has 27 heavy (non-hydrogen) atoms. The minimum Gasteiger partial charge on any atom is -0.495 e. The number of nitrogens with zero attached hydrogens (tertiary/aromatic N) is 1. The van der Waals surface area contributed by atoms with Crippen LogP contribution in [0.3, 0.4) is 0 Å². The van der Waals surface area contributed by atoms with Crippen LogP contribution in [0.1, 0.15) is 0 Å². The molecule has 0 unspecified atom stereocenters. The van der Waals surface area contributed by atoms with Gasteiger partial charge in [-0.2, -0.15) is 0 Å². The molecule has 0 aliphatic rings. The van der Waals surface area contributed by atoms with Crippen LogP contribution < -0.4 is 14.8 Å². The molecule has 3 aromatic carbocycles. The predicted molar refractivity (Wildman–Crippen MR) is 105 cm³/mol. The Bertz CT molecular complexity index is 1020. The van der Waals surface area contributed by atoms with Crippen LogP contribution in [0.5, 0.6) is 11.5 Å². The average Bonchev–Trinajstić information content (AvgIpc) is 2.67. The fraction of sp³-hybridized carbons (Fsp3) is 0.105. The van der Waals surface area contributed by atoms with Crippen LogP contribution >= 0.6 is 15.9 Å². The second-order valence-electron chi connectivity index (χ2n) is 5.58. The molecule has 7 nitrogen and oxygen atoms in total. The Morgan fingerprint density at radius 3 is 2.63 bits per heavy atom. The molecule has 1 N–H and O–H groups in total. The second kappa shape index (κ2) is 8.05. The second-order valence-corrected chi connectivity index (χ2v) is 6.37. The molecule has 0 atom stereocenters. The van der Waals surface area contributed by atoms with Crippen molar-refractivity contribution in [1.29, 1.82) is 0 Å². The number of hydrogen-bond donors (Lipinski definition) is 1. The number of methoxy groups -OCH3 is 1.